The molecule has 0 saturated carbocycles. The van der Waals surface area contributed by atoms with E-state index in [2.05, 4.69) is 34.2 Å². The predicted molar refractivity (Wildman–Crippen MR) is 108 cm³/mol. The Bertz CT molecular complexity index is 1330. The van der Waals surface area contributed by atoms with E-state index in [1.54, 1.807) is 12.3 Å². The van der Waals surface area contributed by atoms with Gasteiger partial charge in [-0.25, -0.2) is 9.78 Å². The first-order valence-corrected chi connectivity index (χ1v) is 8.74. The summed E-state index contributed by atoms with van der Waals surface area (Å²) in [6, 6.07) is 21.9. The minimum atomic E-state index is -0.340. The fourth-order valence-electron chi connectivity index (χ4n) is 3.83. The van der Waals surface area contributed by atoms with Crippen LogP contribution >= 0.6 is 0 Å². The summed E-state index contributed by atoms with van der Waals surface area (Å²) in [4.78, 5) is 20.2. The average molecular weight is 352 g/mol. The molecular formula is C23H16N2O2. The van der Waals surface area contributed by atoms with Crippen LogP contribution in [0.1, 0.15) is 10.4 Å². The minimum Gasteiger partial charge on any atom is -0.465 e. The standard InChI is InChI=1S/C23H16N2O2/c1-27-23(26)17-10-5-3-8-15(17)19-13-20-21(16-9-4-2-7-14(16)19)18-11-6-12-24-22(18)25-20/h2-13H,1H3,(H,24,25). The molecule has 0 bridgehead atoms. The molecule has 5 rings (SSSR count). The number of methoxy groups -OCH3 is 1. The van der Waals surface area contributed by atoms with Gasteiger partial charge in [0.15, 0.2) is 0 Å². The molecule has 2 heterocycles. The normalized spacial score (nSPS) is 11.3. The lowest BCUT2D eigenvalue weighted by atomic mass is 9.92. The number of aromatic nitrogens is 2. The van der Waals surface area contributed by atoms with Crippen LogP contribution in [0.3, 0.4) is 0 Å². The second-order valence-corrected chi connectivity index (χ2v) is 6.45. The van der Waals surface area contributed by atoms with E-state index >= 15 is 0 Å². The molecule has 4 heteroatoms. The Morgan fingerprint density at radius 3 is 2.48 bits per heavy atom. The maximum absolute atomic E-state index is 12.3. The molecule has 27 heavy (non-hydrogen) atoms. The number of ether oxygens (including phenoxy) is 1. The lowest BCUT2D eigenvalue weighted by molar-refractivity contribution is 0.0601. The zero-order valence-corrected chi connectivity index (χ0v) is 14.7. The van der Waals surface area contributed by atoms with E-state index in [1.807, 2.05) is 36.4 Å². The number of hydrogen-bond acceptors (Lipinski definition) is 3. The van der Waals surface area contributed by atoms with Crippen molar-refractivity contribution in [2.45, 2.75) is 0 Å². The molecule has 0 spiro atoms. The van der Waals surface area contributed by atoms with Crippen molar-refractivity contribution in [3.63, 3.8) is 0 Å². The lowest BCUT2D eigenvalue weighted by Gasteiger charge is -2.12. The fourth-order valence-corrected chi connectivity index (χ4v) is 3.83. The number of fused-ring (bicyclic) bond motifs is 5. The Hall–Kier alpha value is -3.66. The molecule has 4 nitrogen and oxygen atoms in total. The number of carbonyl (C=O) groups is 1. The summed E-state index contributed by atoms with van der Waals surface area (Å²) in [5.41, 5.74) is 4.26. The van der Waals surface area contributed by atoms with E-state index < -0.39 is 0 Å². The number of nitrogens with one attached hydrogen (secondary N) is 1. The highest BCUT2D eigenvalue weighted by atomic mass is 16.5. The predicted octanol–water partition coefficient (Wildman–Crippen LogP) is 5.32. The first-order chi connectivity index (χ1) is 13.3. The highest BCUT2D eigenvalue weighted by Crippen LogP contribution is 2.38. The van der Waals surface area contributed by atoms with Crippen molar-refractivity contribution >= 4 is 38.7 Å². The van der Waals surface area contributed by atoms with E-state index in [0.717, 1.165) is 43.8 Å². The molecule has 3 aromatic carbocycles. The van der Waals surface area contributed by atoms with Gasteiger partial charge in [0.05, 0.1) is 12.7 Å². The number of carbonyl (C=O) groups excluding carboxylic acids is 1. The monoisotopic (exact) mass is 352 g/mol. The van der Waals surface area contributed by atoms with Crippen LogP contribution in [0.25, 0.3) is 43.8 Å². The molecule has 5 aromatic rings. The van der Waals surface area contributed by atoms with E-state index in [-0.39, 0.29) is 5.97 Å². The average Bonchev–Trinajstić information content (AvgIpc) is 3.11. The van der Waals surface area contributed by atoms with E-state index in [1.165, 1.54) is 7.11 Å². The van der Waals surface area contributed by atoms with Gasteiger partial charge in [0.1, 0.15) is 5.65 Å². The summed E-state index contributed by atoms with van der Waals surface area (Å²) in [6.07, 6.45) is 1.79. The minimum absolute atomic E-state index is 0.340. The highest BCUT2D eigenvalue weighted by Gasteiger charge is 2.17. The van der Waals surface area contributed by atoms with Gasteiger partial charge in [-0.1, -0.05) is 42.5 Å². The third-order valence-electron chi connectivity index (χ3n) is 5.00. The molecule has 0 fully saturated rings. The summed E-state index contributed by atoms with van der Waals surface area (Å²) >= 11 is 0. The molecule has 2 aromatic heterocycles. The number of esters is 1. The van der Waals surface area contributed by atoms with Crippen LogP contribution < -0.4 is 0 Å². The van der Waals surface area contributed by atoms with Gasteiger partial charge < -0.3 is 9.72 Å². The first kappa shape index (κ1) is 15.6. The Kier molecular flexibility index (Phi) is 3.44. The Morgan fingerprint density at radius 2 is 1.63 bits per heavy atom. The number of hydrogen-bond donors (Lipinski definition) is 1. The van der Waals surface area contributed by atoms with Crippen molar-refractivity contribution in [3.8, 4) is 11.1 Å². The van der Waals surface area contributed by atoms with Gasteiger partial charge in [-0.15, -0.1) is 0 Å². The van der Waals surface area contributed by atoms with Gasteiger partial charge in [0, 0.05) is 22.5 Å². The smallest absolute Gasteiger partial charge is 0.338 e. The number of H-pyrrole nitrogens is 1. The quantitative estimate of drug-likeness (QED) is 0.437. The summed E-state index contributed by atoms with van der Waals surface area (Å²) < 4.78 is 4.99. The molecule has 130 valence electrons. The van der Waals surface area contributed by atoms with Crippen molar-refractivity contribution in [3.05, 3.63) is 78.5 Å². The zero-order valence-electron chi connectivity index (χ0n) is 14.7. The SMILES string of the molecule is COC(=O)c1ccccc1-c1cc2[nH]c3ncccc3c2c2ccccc12. The molecular weight excluding hydrogens is 336 g/mol. The zero-order chi connectivity index (χ0) is 18.4. The molecule has 0 radical (unpaired) electrons. The summed E-state index contributed by atoms with van der Waals surface area (Å²) in [5, 5.41) is 4.46. The van der Waals surface area contributed by atoms with E-state index in [0.29, 0.717) is 5.56 Å². The van der Waals surface area contributed by atoms with Crippen LogP contribution in [0.5, 0.6) is 0 Å². The van der Waals surface area contributed by atoms with Crippen LogP contribution in [0, 0.1) is 0 Å². The molecule has 0 saturated heterocycles. The molecule has 0 amide bonds. The van der Waals surface area contributed by atoms with Gasteiger partial charge in [-0.2, -0.15) is 0 Å². The number of nitrogens with zero attached hydrogens (tertiary/aromatic N) is 1. The second-order valence-electron chi connectivity index (χ2n) is 6.45. The molecule has 0 unspecified atom stereocenters. The summed E-state index contributed by atoms with van der Waals surface area (Å²) in [6.45, 7) is 0. The Morgan fingerprint density at radius 1 is 0.889 bits per heavy atom. The summed E-state index contributed by atoms with van der Waals surface area (Å²) in [5.74, 6) is -0.340. The summed E-state index contributed by atoms with van der Waals surface area (Å²) in [7, 11) is 1.41. The fraction of sp³-hybridized carbons (Fsp3) is 0.0435. The van der Waals surface area contributed by atoms with Crippen molar-refractivity contribution in [2.24, 2.45) is 0 Å². The van der Waals surface area contributed by atoms with Crippen molar-refractivity contribution in [2.75, 3.05) is 7.11 Å². The van der Waals surface area contributed by atoms with Crippen molar-refractivity contribution in [1.82, 2.24) is 9.97 Å². The molecule has 0 aliphatic rings. The number of rotatable bonds is 2. The Labute approximate surface area is 155 Å². The van der Waals surface area contributed by atoms with Crippen LogP contribution in [0.15, 0.2) is 72.9 Å². The maximum Gasteiger partial charge on any atom is 0.338 e. The van der Waals surface area contributed by atoms with Crippen LogP contribution in [-0.4, -0.2) is 23.0 Å². The van der Waals surface area contributed by atoms with Crippen LogP contribution in [0.4, 0.5) is 0 Å². The van der Waals surface area contributed by atoms with Gasteiger partial charge in [0.25, 0.3) is 0 Å². The topological polar surface area (TPSA) is 55.0 Å². The second kappa shape index (κ2) is 5.95. The number of benzene rings is 3. The number of pyridine rings is 1. The first-order valence-electron chi connectivity index (χ1n) is 8.74. The van der Waals surface area contributed by atoms with Crippen molar-refractivity contribution in [1.29, 1.82) is 0 Å². The lowest BCUT2D eigenvalue weighted by Crippen LogP contribution is -2.03. The van der Waals surface area contributed by atoms with Gasteiger partial charge in [-0.05, 0) is 46.2 Å². The van der Waals surface area contributed by atoms with Crippen LogP contribution in [0.2, 0.25) is 0 Å². The van der Waals surface area contributed by atoms with E-state index in [4.69, 9.17) is 4.74 Å². The Balaban J connectivity index is 1.94. The largest absolute Gasteiger partial charge is 0.465 e. The van der Waals surface area contributed by atoms with Gasteiger partial charge in [-0.3, -0.25) is 0 Å². The molecule has 1 N–H and O–H groups in total. The maximum atomic E-state index is 12.3. The molecule has 0 aliphatic carbocycles. The molecule has 0 atom stereocenters. The van der Waals surface area contributed by atoms with Crippen LogP contribution in [-0.2, 0) is 4.74 Å². The number of aromatic amines is 1. The molecule has 0 aliphatic heterocycles. The highest BCUT2D eigenvalue weighted by molar-refractivity contribution is 6.23. The van der Waals surface area contributed by atoms with Crippen molar-refractivity contribution < 1.29 is 9.53 Å². The van der Waals surface area contributed by atoms with E-state index in [9.17, 15) is 4.79 Å². The third kappa shape index (κ3) is 2.30. The third-order valence-corrected chi connectivity index (χ3v) is 5.00. The van der Waals surface area contributed by atoms with Gasteiger partial charge >= 0.3 is 5.97 Å². The van der Waals surface area contributed by atoms with Gasteiger partial charge in [0.2, 0.25) is 0 Å².